The van der Waals surface area contributed by atoms with E-state index in [4.69, 9.17) is 0 Å². The first-order chi connectivity index (χ1) is 12.1. The molecule has 1 N–H and O–H groups in total. The van der Waals surface area contributed by atoms with Gasteiger partial charge in [0.1, 0.15) is 5.65 Å². The number of hydrogen-bond acceptors (Lipinski definition) is 5. The summed E-state index contributed by atoms with van der Waals surface area (Å²) in [6.45, 7) is 7.09. The van der Waals surface area contributed by atoms with Crippen molar-refractivity contribution < 1.29 is 0 Å². The normalized spacial score (nSPS) is 17.7. The van der Waals surface area contributed by atoms with Crippen LogP contribution in [0.2, 0.25) is 0 Å². The van der Waals surface area contributed by atoms with Crippen molar-refractivity contribution in [2.45, 2.75) is 32.9 Å². The van der Waals surface area contributed by atoms with Gasteiger partial charge in [-0.3, -0.25) is 14.9 Å². The van der Waals surface area contributed by atoms with Gasteiger partial charge in [-0.05, 0) is 45.5 Å². The number of rotatable bonds is 4. The van der Waals surface area contributed by atoms with Crippen LogP contribution < -0.4 is 5.32 Å². The first-order valence-electron chi connectivity index (χ1n) is 8.78. The lowest BCUT2D eigenvalue weighted by Crippen LogP contribution is -2.33. The lowest BCUT2D eigenvalue weighted by molar-refractivity contribution is 0.246. The molecule has 1 saturated heterocycles. The second-order valence-corrected chi connectivity index (χ2v) is 6.98. The Morgan fingerprint density at radius 2 is 2.12 bits per heavy atom. The topological polar surface area (TPSA) is 58.4 Å². The summed E-state index contributed by atoms with van der Waals surface area (Å²) in [6, 6.07) is 2.72. The molecule has 1 unspecified atom stereocenters. The van der Waals surface area contributed by atoms with Gasteiger partial charge in [-0.25, -0.2) is 4.98 Å². The van der Waals surface area contributed by atoms with Gasteiger partial charge >= 0.3 is 0 Å². The zero-order chi connectivity index (χ0) is 17.4. The molecular formula is C19H24N6. The van der Waals surface area contributed by atoms with E-state index in [0.717, 1.165) is 53.5 Å². The van der Waals surface area contributed by atoms with E-state index < -0.39 is 0 Å². The number of pyridine rings is 1. The van der Waals surface area contributed by atoms with E-state index in [1.807, 2.05) is 25.5 Å². The molecule has 0 radical (unpaired) electrons. The molecule has 0 aliphatic carbocycles. The molecule has 4 heterocycles. The van der Waals surface area contributed by atoms with E-state index in [0.29, 0.717) is 6.04 Å². The predicted molar refractivity (Wildman–Crippen MR) is 98.4 cm³/mol. The lowest BCUT2D eigenvalue weighted by atomic mass is 10.1. The second-order valence-electron chi connectivity index (χ2n) is 6.98. The Hall–Kier alpha value is -2.31. The lowest BCUT2D eigenvalue weighted by Gasteiger charge is -2.22. The molecule has 25 heavy (non-hydrogen) atoms. The third-order valence-electron chi connectivity index (χ3n) is 4.93. The van der Waals surface area contributed by atoms with Crippen molar-refractivity contribution in [2.75, 3.05) is 20.1 Å². The molecular weight excluding hydrogens is 312 g/mol. The maximum atomic E-state index is 4.64. The van der Waals surface area contributed by atoms with Gasteiger partial charge < -0.3 is 9.72 Å². The van der Waals surface area contributed by atoms with Crippen LogP contribution in [0, 0.1) is 13.8 Å². The molecule has 0 bridgehead atoms. The molecule has 0 aromatic carbocycles. The molecule has 1 aliphatic rings. The van der Waals surface area contributed by atoms with Gasteiger partial charge in [0.25, 0.3) is 0 Å². The fourth-order valence-electron chi connectivity index (χ4n) is 3.52. The quantitative estimate of drug-likeness (QED) is 0.791. The zero-order valence-electron chi connectivity index (χ0n) is 15.0. The van der Waals surface area contributed by atoms with Gasteiger partial charge in [0.05, 0.1) is 29.5 Å². The summed E-state index contributed by atoms with van der Waals surface area (Å²) in [6.07, 6.45) is 9.08. The number of aryl methyl sites for hydroxylation is 2. The fourth-order valence-corrected chi connectivity index (χ4v) is 3.52. The molecule has 1 fully saturated rings. The minimum Gasteiger partial charge on any atom is -0.315 e. The van der Waals surface area contributed by atoms with Crippen molar-refractivity contribution >= 4 is 5.65 Å². The van der Waals surface area contributed by atoms with Crippen LogP contribution in [0.25, 0.3) is 16.9 Å². The number of aromatic nitrogens is 4. The van der Waals surface area contributed by atoms with Crippen LogP contribution in [0.5, 0.6) is 0 Å². The molecule has 6 nitrogen and oxygen atoms in total. The first-order valence-corrected chi connectivity index (χ1v) is 8.78. The van der Waals surface area contributed by atoms with E-state index in [1.54, 1.807) is 0 Å². The average Bonchev–Trinajstić information content (AvgIpc) is 3.24. The second kappa shape index (κ2) is 6.54. The molecule has 0 amide bonds. The number of hydrogen-bond donors (Lipinski definition) is 1. The van der Waals surface area contributed by atoms with Gasteiger partial charge in [-0.2, -0.15) is 0 Å². The molecule has 3 aromatic heterocycles. The Balaban J connectivity index is 1.55. The van der Waals surface area contributed by atoms with Gasteiger partial charge in [0.2, 0.25) is 0 Å². The van der Waals surface area contributed by atoms with Crippen molar-refractivity contribution in [3.8, 4) is 11.3 Å². The molecule has 3 aromatic rings. The summed E-state index contributed by atoms with van der Waals surface area (Å²) >= 11 is 0. The van der Waals surface area contributed by atoms with E-state index in [9.17, 15) is 0 Å². The van der Waals surface area contributed by atoms with Crippen LogP contribution in [0.3, 0.4) is 0 Å². The zero-order valence-corrected chi connectivity index (χ0v) is 15.0. The van der Waals surface area contributed by atoms with E-state index >= 15 is 0 Å². The molecule has 130 valence electrons. The SMILES string of the molecule is Cc1cn2cc(-c3cnc(CN(C)C4CCNC4)cn3)cc(C)c2n1. The van der Waals surface area contributed by atoms with Crippen molar-refractivity contribution in [3.05, 3.63) is 47.8 Å². The van der Waals surface area contributed by atoms with E-state index in [-0.39, 0.29) is 0 Å². The molecule has 6 heteroatoms. The van der Waals surface area contributed by atoms with Gasteiger partial charge in [-0.1, -0.05) is 0 Å². The highest BCUT2D eigenvalue weighted by Crippen LogP contribution is 2.21. The van der Waals surface area contributed by atoms with E-state index in [2.05, 4.69) is 55.8 Å². The smallest absolute Gasteiger partial charge is 0.139 e. The Labute approximate surface area is 147 Å². The molecule has 4 rings (SSSR count). The minimum atomic E-state index is 0.594. The van der Waals surface area contributed by atoms with Gasteiger partial charge in [-0.15, -0.1) is 0 Å². The highest BCUT2D eigenvalue weighted by Gasteiger charge is 2.19. The Morgan fingerprint density at radius 3 is 2.84 bits per heavy atom. The first kappa shape index (κ1) is 16.2. The number of fused-ring (bicyclic) bond motifs is 1. The van der Waals surface area contributed by atoms with E-state index in [1.165, 1.54) is 6.42 Å². The summed E-state index contributed by atoms with van der Waals surface area (Å²) in [7, 11) is 2.16. The Kier molecular flexibility index (Phi) is 4.23. The monoisotopic (exact) mass is 336 g/mol. The summed E-state index contributed by atoms with van der Waals surface area (Å²) < 4.78 is 2.07. The standard InChI is InChI=1S/C19H24N6/c1-13-6-15(11-25-10-14(2)23-19(13)25)18-9-21-16(7-22-18)12-24(3)17-4-5-20-8-17/h6-7,9-11,17,20H,4-5,8,12H2,1-3H3. The van der Waals surface area contributed by atoms with Crippen LogP contribution in [0.1, 0.15) is 23.4 Å². The number of likely N-dealkylation sites (N-methyl/N-ethyl adjacent to an activating group) is 1. The highest BCUT2D eigenvalue weighted by atomic mass is 15.2. The molecule has 0 saturated carbocycles. The van der Waals surface area contributed by atoms with Crippen LogP contribution in [0.15, 0.2) is 30.9 Å². The molecule has 1 atom stereocenters. The van der Waals surface area contributed by atoms with Crippen molar-refractivity contribution in [1.82, 2.24) is 29.6 Å². The Bertz CT molecular complexity index is 877. The van der Waals surface area contributed by atoms with Crippen molar-refractivity contribution in [3.63, 3.8) is 0 Å². The van der Waals surface area contributed by atoms with Crippen LogP contribution in [-0.4, -0.2) is 50.4 Å². The van der Waals surface area contributed by atoms with Crippen molar-refractivity contribution in [1.29, 1.82) is 0 Å². The number of imidazole rings is 1. The number of nitrogens with zero attached hydrogens (tertiary/aromatic N) is 5. The molecule has 1 aliphatic heterocycles. The fraction of sp³-hybridized carbons (Fsp3) is 0.421. The average molecular weight is 336 g/mol. The van der Waals surface area contributed by atoms with Crippen molar-refractivity contribution in [2.24, 2.45) is 0 Å². The third kappa shape index (κ3) is 3.27. The van der Waals surface area contributed by atoms with Gasteiger partial charge in [0, 0.05) is 37.1 Å². The largest absolute Gasteiger partial charge is 0.315 e. The number of nitrogens with one attached hydrogen (secondary N) is 1. The minimum absolute atomic E-state index is 0.594. The van der Waals surface area contributed by atoms with Crippen LogP contribution in [0.4, 0.5) is 0 Å². The predicted octanol–water partition coefficient (Wildman–Crippen LogP) is 2.20. The highest BCUT2D eigenvalue weighted by molar-refractivity contribution is 5.63. The summed E-state index contributed by atoms with van der Waals surface area (Å²) in [5, 5.41) is 3.41. The maximum Gasteiger partial charge on any atom is 0.139 e. The summed E-state index contributed by atoms with van der Waals surface area (Å²) in [5.41, 5.74) is 6.13. The Morgan fingerprint density at radius 1 is 1.24 bits per heavy atom. The maximum absolute atomic E-state index is 4.64. The summed E-state index contributed by atoms with van der Waals surface area (Å²) in [5.74, 6) is 0. The molecule has 0 spiro atoms. The van der Waals surface area contributed by atoms with Crippen LogP contribution in [-0.2, 0) is 6.54 Å². The third-order valence-corrected chi connectivity index (χ3v) is 4.93. The summed E-state index contributed by atoms with van der Waals surface area (Å²) in [4.78, 5) is 16.2. The van der Waals surface area contributed by atoms with Crippen LogP contribution >= 0.6 is 0 Å². The van der Waals surface area contributed by atoms with Gasteiger partial charge in [0.15, 0.2) is 0 Å².